The number of rotatable bonds is 5. The Labute approximate surface area is 185 Å². The number of nitriles is 1. The number of fused-ring (bicyclic) bond motifs is 1. The molecule has 2 aromatic carbocycles. The second-order valence-corrected chi connectivity index (χ2v) is 9.00. The minimum atomic E-state index is -0.585. The molecule has 0 bridgehead atoms. The summed E-state index contributed by atoms with van der Waals surface area (Å²) in [5, 5.41) is 14.3. The first kappa shape index (κ1) is 20.8. The third-order valence-electron chi connectivity index (χ3n) is 5.42. The first-order valence-electron chi connectivity index (χ1n) is 10.2. The number of para-hydroxylation sites is 1. The zero-order valence-electron chi connectivity index (χ0n) is 17.4. The molecule has 0 saturated carbocycles. The van der Waals surface area contributed by atoms with Gasteiger partial charge in [-0.15, -0.1) is 11.3 Å². The number of thiophene rings is 1. The van der Waals surface area contributed by atoms with Crippen LogP contribution < -0.4 is 5.32 Å². The SMILES string of the molecule is CC(C)CN1C(=O)c2ccccc2[C@@H](C(=O)Nc2ccccc2C#N)[C@@H]1c1cccs1. The first-order valence-corrected chi connectivity index (χ1v) is 11.1. The van der Waals surface area contributed by atoms with E-state index in [4.69, 9.17) is 0 Å². The summed E-state index contributed by atoms with van der Waals surface area (Å²) in [4.78, 5) is 29.9. The van der Waals surface area contributed by atoms with E-state index in [0.29, 0.717) is 23.4 Å². The molecule has 1 N–H and O–H groups in total. The van der Waals surface area contributed by atoms with E-state index in [2.05, 4.69) is 25.2 Å². The molecule has 0 unspecified atom stereocenters. The largest absolute Gasteiger partial charge is 0.329 e. The quantitative estimate of drug-likeness (QED) is 0.606. The Morgan fingerprint density at radius 3 is 2.58 bits per heavy atom. The Morgan fingerprint density at radius 1 is 1.13 bits per heavy atom. The van der Waals surface area contributed by atoms with Gasteiger partial charge in [0.05, 0.1) is 23.2 Å². The molecular weight excluding hydrogens is 406 g/mol. The third-order valence-corrected chi connectivity index (χ3v) is 6.37. The highest BCUT2D eigenvalue weighted by atomic mass is 32.1. The number of nitrogens with zero attached hydrogens (tertiary/aromatic N) is 2. The molecule has 4 rings (SSSR count). The van der Waals surface area contributed by atoms with E-state index in [1.165, 1.54) is 0 Å². The fourth-order valence-electron chi connectivity index (χ4n) is 4.15. The molecule has 0 radical (unpaired) electrons. The number of nitrogens with one attached hydrogen (secondary N) is 1. The highest BCUT2D eigenvalue weighted by molar-refractivity contribution is 7.10. The van der Waals surface area contributed by atoms with Gasteiger partial charge in [-0.25, -0.2) is 0 Å². The first-order chi connectivity index (χ1) is 15.0. The van der Waals surface area contributed by atoms with Crippen molar-refractivity contribution in [3.05, 3.63) is 87.6 Å². The molecule has 156 valence electrons. The molecule has 2 heterocycles. The Kier molecular flexibility index (Phi) is 5.88. The van der Waals surface area contributed by atoms with Crippen LogP contribution in [-0.4, -0.2) is 23.3 Å². The fraction of sp³-hybridized carbons (Fsp3) is 0.240. The molecule has 1 aliphatic rings. The van der Waals surface area contributed by atoms with Crippen LogP contribution in [0.2, 0.25) is 0 Å². The zero-order chi connectivity index (χ0) is 22.0. The van der Waals surface area contributed by atoms with Crippen LogP contribution in [0.1, 0.15) is 52.2 Å². The van der Waals surface area contributed by atoms with Crippen LogP contribution in [0.4, 0.5) is 5.69 Å². The van der Waals surface area contributed by atoms with Crippen LogP contribution in [-0.2, 0) is 4.79 Å². The van der Waals surface area contributed by atoms with Gasteiger partial charge in [0.15, 0.2) is 0 Å². The maximum Gasteiger partial charge on any atom is 0.254 e. The number of hydrogen-bond acceptors (Lipinski definition) is 4. The van der Waals surface area contributed by atoms with E-state index < -0.39 is 12.0 Å². The Bertz CT molecular complexity index is 1150. The van der Waals surface area contributed by atoms with Gasteiger partial charge in [-0.3, -0.25) is 9.59 Å². The lowest BCUT2D eigenvalue weighted by Gasteiger charge is -2.42. The molecule has 3 aromatic rings. The van der Waals surface area contributed by atoms with Gasteiger partial charge in [-0.2, -0.15) is 5.26 Å². The van der Waals surface area contributed by atoms with Gasteiger partial charge in [0.25, 0.3) is 5.91 Å². The molecule has 6 heteroatoms. The summed E-state index contributed by atoms with van der Waals surface area (Å²) in [6.07, 6.45) is 0. The van der Waals surface area contributed by atoms with Crippen molar-refractivity contribution in [2.75, 3.05) is 11.9 Å². The van der Waals surface area contributed by atoms with E-state index in [1.54, 1.807) is 41.7 Å². The van der Waals surface area contributed by atoms with Crippen molar-refractivity contribution in [2.24, 2.45) is 5.92 Å². The average Bonchev–Trinajstić information content (AvgIpc) is 3.30. The van der Waals surface area contributed by atoms with E-state index in [0.717, 1.165) is 10.4 Å². The van der Waals surface area contributed by atoms with Crippen molar-refractivity contribution in [1.29, 1.82) is 5.26 Å². The van der Waals surface area contributed by atoms with Gasteiger partial charge in [-0.1, -0.05) is 50.2 Å². The standard InChI is InChI=1S/C25H23N3O2S/c1-16(2)15-28-23(21-12-7-13-31-21)22(18-9-4-5-10-19(18)25(28)30)24(29)27-20-11-6-3-8-17(20)14-26/h3-13,16,22-23H,15H2,1-2H3,(H,27,29)/t22-,23+/m1/s1. The van der Waals surface area contributed by atoms with Gasteiger partial charge in [-0.05, 0) is 41.1 Å². The maximum absolute atomic E-state index is 13.7. The fourth-order valence-corrected chi connectivity index (χ4v) is 5.02. The summed E-state index contributed by atoms with van der Waals surface area (Å²) in [6.45, 7) is 4.68. The van der Waals surface area contributed by atoms with Crippen LogP contribution in [0.5, 0.6) is 0 Å². The summed E-state index contributed by atoms with van der Waals surface area (Å²) in [6, 6.07) is 19.9. The summed E-state index contributed by atoms with van der Waals surface area (Å²) in [7, 11) is 0. The number of carbonyl (C=O) groups is 2. The summed E-state index contributed by atoms with van der Waals surface area (Å²) < 4.78 is 0. The van der Waals surface area contributed by atoms with Crippen molar-refractivity contribution in [2.45, 2.75) is 25.8 Å². The molecule has 0 aliphatic carbocycles. The lowest BCUT2D eigenvalue weighted by molar-refractivity contribution is -0.119. The van der Waals surface area contributed by atoms with Gasteiger partial charge in [0.2, 0.25) is 5.91 Å². The average molecular weight is 430 g/mol. The molecule has 2 atom stereocenters. The van der Waals surface area contributed by atoms with Crippen molar-refractivity contribution in [1.82, 2.24) is 4.90 Å². The Morgan fingerprint density at radius 2 is 1.87 bits per heavy atom. The molecule has 5 nitrogen and oxygen atoms in total. The van der Waals surface area contributed by atoms with Crippen LogP contribution in [0.15, 0.2) is 66.0 Å². The molecule has 0 spiro atoms. The van der Waals surface area contributed by atoms with Crippen LogP contribution in [0.3, 0.4) is 0 Å². The maximum atomic E-state index is 13.7. The predicted octanol–water partition coefficient (Wildman–Crippen LogP) is 5.20. The number of benzene rings is 2. The second kappa shape index (κ2) is 8.75. The van der Waals surface area contributed by atoms with Gasteiger partial charge in [0, 0.05) is 17.0 Å². The predicted molar refractivity (Wildman–Crippen MR) is 122 cm³/mol. The summed E-state index contributed by atoms with van der Waals surface area (Å²) >= 11 is 1.55. The Hall–Kier alpha value is -3.43. The van der Waals surface area contributed by atoms with Gasteiger partial charge >= 0.3 is 0 Å². The van der Waals surface area contributed by atoms with E-state index in [1.807, 2.05) is 40.6 Å². The Balaban J connectivity index is 1.83. The summed E-state index contributed by atoms with van der Waals surface area (Å²) in [5.41, 5.74) is 2.16. The number of anilines is 1. The molecule has 1 aromatic heterocycles. The molecule has 0 fully saturated rings. The molecule has 1 aliphatic heterocycles. The van der Waals surface area contributed by atoms with E-state index in [9.17, 15) is 14.9 Å². The number of hydrogen-bond donors (Lipinski definition) is 1. The lowest BCUT2D eigenvalue weighted by Crippen LogP contribution is -2.47. The van der Waals surface area contributed by atoms with Crippen molar-refractivity contribution >= 4 is 28.8 Å². The van der Waals surface area contributed by atoms with Crippen molar-refractivity contribution < 1.29 is 9.59 Å². The zero-order valence-corrected chi connectivity index (χ0v) is 18.2. The monoisotopic (exact) mass is 429 g/mol. The molecule has 2 amide bonds. The minimum Gasteiger partial charge on any atom is -0.329 e. The molecular formula is C25H23N3O2S. The smallest absolute Gasteiger partial charge is 0.254 e. The second-order valence-electron chi connectivity index (χ2n) is 8.02. The van der Waals surface area contributed by atoms with E-state index in [-0.39, 0.29) is 17.7 Å². The van der Waals surface area contributed by atoms with Crippen molar-refractivity contribution in [3.8, 4) is 6.07 Å². The highest BCUT2D eigenvalue weighted by Crippen LogP contribution is 2.45. The normalized spacial score (nSPS) is 17.9. The van der Waals surface area contributed by atoms with E-state index >= 15 is 0 Å². The minimum absolute atomic E-state index is 0.0517. The van der Waals surface area contributed by atoms with Crippen LogP contribution in [0, 0.1) is 17.2 Å². The van der Waals surface area contributed by atoms with Crippen LogP contribution in [0.25, 0.3) is 0 Å². The lowest BCUT2D eigenvalue weighted by atomic mass is 9.81. The van der Waals surface area contributed by atoms with Crippen molar-refractivity contribution in [3.63, 3.8) is 0 Å². The molecule has 0 saturated heterocycles. The van der Waals surface area contributed by atoms with Gasteiger partial charge < -0.3 is 10.2 Å². The van der Waals surface area contributed by atoms with Crippen LogP contribution >= 0.6 is 11.3 Å². The topological polar surface area (TPSA) is 73.2 Å². The highest BCUT2D eigenvalue weighted by Gasteiger charge is 2.44. The number of amides is 2. The third kappa shape index (κ3) is 3.97. The summed E-state index contributed by atoms with van der Waals surface area (Å²) in [5.74, 6) is -0.614. The molecule has 31 heavy (non-hydrogen) atoms. The number of carbonyl (C=O) groups excluding carboxylic acids is 2. The van der Waals surface area contributed by atoms with Gasteiger partial charge in [0.1, 0.15) is 6.07 Å².